The molecule has 2 bridgehead atoms. The lowest BCUT2D eigenvalue weighted by atomic mass is 9.84. The van der Waals surface area contributed by atoms with Crippen LogP contribution in [0.1, 0.15) is 18.9 Å². The molecule has 0 spiro atoms. The smallest absolute Gasteiger partial charge is 0.176 e. The van der Waals surface area contributed by atoms with Crippen LogP contribution >= 0.6 is 0 Å². The zero-order chi connectivity index (χ0) is 13.7. The molecule has 1 aromatic heterocycles. The van der Waals surface area contributed by atoms with Gasteiger partial charge in [0.2, 0.25) is 0 Å². The number of benzene rings is 1. The summed E-state index contributed by atoms with van der Waals surface area (Å²) in [6.07, 6.45) is 4.08. The maximum atomic E-state index is 14.2. The molecule has 0 saturated carbocycles. The fraction of sp³-hybridized carbons (Fsp3) is 0.533. The molecule has 0 radical (unpaired) electrons. The molecule has 1 aromatic carbocycles. The molecule has 20 heavy (non-hydrogen) atoms. The number of hydrogen-bond donors (Lipinski definition) is 0. The Morgan fingerprint density at radius 3 is 2.75 bits per heavy atom. The van der Waals surface area contributed by atoms with Crippen molar-refractivity contribution in [3.63, 3.8) is 0 Å². The van der Waals surface area contributed by atoms with Crippen LogP contribution in [0.4, 0.5) is 4.39 Å². The van der Waals surface area contributed by atoms with Gasteiger partial charge in [-0.05, 0) is 44.0 Å². The highest BCUT2D eigenvalue weighted by Gasteiger charge is 2.36. The van der Waals surface area contributed by atoms with Crippen LogP contribution in [-0.4, -0.2) is 41.4 Å². The summed E-state index contributed by atoms with van der Waals surface area (Å²) >= 11 is 0. The summed E-state index contributed by atoms with van der Waals surface area (Å²) in [5, 5.41) is 5.02. The van der Waals surface area contributed by atoms with E-state index in [1.807, 2.05) is 10.7 Å². The topological polar surface area (TPSA) is 30.3 Å². The van der Waals surface area contributed by atoms with Gasteiger partial charge in [0.05, 0.1) is 30.3 Å². The highest BCUT2D eigenvalue weighted by atomic mass is 19.1. The van der Waals surface area contributed by atoms with Crippen molar-refractivity contribution in [2.24, 2.45) is 5.92 Å². The first-order chi connectivity index (χ1) is 9.78. The Balaban J connectivity index is 1.79. The van der Waals surface area contributed by atoms with Gasteiger partial charge in [0.1, 0.15) is 0 Å². The van der Waals surface area contributed by atoms with E-state index < -0.39 is 0 Å². The number of halogens is 1. The van der Waals surface area contributed by atoms with E-state index in [4.69, 9.17) is 4.74 Å². The van der Waals surface area contributed by atoms with E-state index in [1.54, 1.807) is 12.3 Å². The van der Waals surface area contributed by atoms with Crippen molar-refractivity contribution in [3.8, 4) is 5.75 Å². The third kappa shape index (κ3) is 1.66. The lowest BCUT2D eigenvalue weighted by molar-refractivity contribution is 0.0534. The van der Waals surface area contributed by atoms with Crippen LogP contribution in [0.15, 0.2) is 18.3 Å². The number of ether oxygens (including phenoxy) is 1. The van der Waals surface area contributed by atoms with Crippen LogP contribution < -0.4 is 4.74 Å². The number of hydrogen-bond acceptors (Lipinski definition) is 3. The Hall–Kier alpha value is -1.62. The van der Waals surface area contributed by atoms with E-state index >= 15 is 0 Å². The standard InChI is InChI=1S/C15H18FN3O/c1-20-14-3-2-12-11(15(14)16)8-17-19(12)13-9-18-6-4-10(13)5-7-18/h2-3,8,10,13H,4-7,9H2,1H3/t13-/m1/s1. The minimum absolute atomic E-state index is 0.283. The minimum Gasteiger partial charge on any atom is -0.494 e. The second-order valence-electron chi connectivity index (χ2n) is 5.81. The van der Waals surface area contributed by atoms with E-state index in [0.29, 0.717) is 17.3 Å². The summed E-state index contributed by atoms with van der Waals surface area (Å²) in [6, 6.07) is 3.99. The van der Waals surface area contributed by atoms with Gasteiger partial charge in [-0.1, -0.05) is 0 Å². The first-order valence-corrected chi connectivity index (χ1v) is 7.20. The summed E-state index contributed by atoms with van der Waals surface area (Å²) in [5.74, 6) is 0.650. The maximum Gasteiger partial charge on any atom is 0.176 e. The van der Waals surface area contributed by atoms with E-state index in [9.17, 15) is 4.39 Å². The molecular formula is C15H18FN3O. The third-order valence-electron chi connectivity index (χ3n) is 4.84. The van der Waals surface area contributed by atoms with Crippen molar-refractivity contribution in [2.75, 3.05) is 26.7 Å². The lowest BCUT2D eigenvalue weighted by Gasteiger charge is -2.44. The highest BCUT2D eigenvalue weighted by molar-refractivity contribution is 5.81. The molecule has 3 saturated heterocycles. The molecule has 106 valence electrons. The quantitative estimate of drug-likeness (QED) is 0.843. The second kappa shape index (κ2) is 4.45. The van der Waals surface area contributed by atoms with E-state index in [0.717, 1.165) is 12.1 Å². The van der Waals surface area contributed by atoms with Gasteiger partial charge < -0.3 is 9.64 Å². The van der Waals surface area contributed by atoms with Crippen molar-refractivity contribution in [1.82, 2.24) is 14.7 Å². The first kappa shape index (κ1) is 12.1. The zero-order valence-corrected chi connectivity index (χ0v) is 11.6. The molecule has 5 rings (SSSR count). The SMILES string of the molecule is COc1ccc2c(cnn2[C@@H]2CN3CCC2CC3)c1F. The lowest BCUT2D eigenvalue weighted by Crippen LogP contribution is -2.48. The number of nitrogens with zero attached hydrogens (tertiary/aromatic N) is 3. The normalized spacial score (nSPS) is 29.0. The number of aromatic nitrogens is 2. The fourth-order valence-corrected chi connectivity index (χ4v) is 3.70. The van der Waals surface area contributed by atoms with Crippen LogP contribution in [0.5, 0.6) is 5.75 Å². The van der Waals surface area contributed by atoms with E-state index in [1.165, 1.54) is 33.0 Å². The Labute approximate surface area is 117 Å². The molecule has 3 fully saturated rings. The third-order valence-corrected chi connectivity index (χ3v) is 4.84. The summed E-state index contributed by atoms with van der Waals surface area (Å²) in [7, 11) is 1.49. The Kier molecular flexibility index (Phi) is 2.70. The van der Waals surface area contributed by atoms with Gasteiger partial charge in [-0.3, -0.25) is 4.68 Å². The van der Waals surface area contributed by atoms with Crippen LogP contribution in [0.2, 0.25) is 0 Å². The summed E-state index contributed by atoms with van der Waals surface area (Å²) in [4.78, 5) is 2.48. The van der Waals surface area contributed by atoms with Crippen molar-refractivity contribution in [2.45, 2.75) is 18.9 Å². The van der Waals surface area contributed by atoms with Crippen LogP contribution in [0.25, 0.3) is 10.9 Å². The van der Waals surface area contributed by atoms with Crippen LogP contribution in [0, 0.1) is 11.7 Å². The van der Waals surface area contributed by atoms with Gasteiger partial charge in [0, 0.05) is 6.54 Å². The van der Waals surface area contributed by atoms with Crippen molar-refractivity contribution in [3.05, 3.63) is 24.1 Å². The number of rotatable bonds is 2. The molecule has 4 nitrogen and oxygen atoms in total. The minimum atomic E-state index is -0.308. The van der Waals surface area contributed by atoms with Gasteiger partial charge in [-0.15, -0.1) is 0 Å². The molecule has 0 amide bonds. The number of fused-ring (bicyclic) bond motifs is 4. The largest absolute Gasteiger partial charge is 0.494 e. The average Bonchev–Trinajstić information content (AvgIpc) is 2.93. The molecular weight excluding hydrogens is 257 g/mol. The van der Waals surface area contributed by atoms with Crippen LogP contribution in [0.3, 0.4) is 0 Å². The Bertz CT molecular complexity index is 646. The Morgan fingerprint density at radius 2 is 2.10 bits per heavy atom. The molecule has 3 aliphatic heterocycles. The molecule has 5 heteroatoms. The molecule has 0 unspecified atom stereocenters. The van der Waals surface area contributed by atoms with Gasteiger partial charge in [-0.25, -0.2) is 4.39 Å². The molecule has 1 atom stereocenters. The van der Waals surface area contributed by atoms with Crippen LogP contribution in [-0.2, 0) is 0 Å². The number of piperidine rings is 3. The highest BCUT2D eigenvalue weighted by Crippen LogP contribution is 2.37. The molecule has 3 aliphatic rings. The van der Waals surface area contributed by atoms with Crippen molar-refractivity contribution in [1.29, 1.82) is 0 Å². The second-order valence-corrected chi connectivity index (χ2v) is 5.81. The van der Waals surface area contributed by atoms with Crippen molar-refractivity contribution >= 4 is 10.9 Å². The summed E-state index contributed by atoms with van der Waals surface area (Å²) in [6.45, 7) is 3.43. The first-order valence-electron chi connectivity index (χ1n) is 7.20. The Morgan fingerprint density at radius 1 is 1.30 bits per heavy atom. The maximum absolute atomic E-state index is 14.2. The van der Waals surface area contributed by atoms with Gasteiger partial charge in [0.25, 0.3) is 0 Å². The molecule has 0 N–H and O–H groups in total. The van der Waals surface area contributed by atoms with Gasteiger partial charge in [-0.2, -0.15) is 5.10 Å². The zero-order valence-electron chi connectivity index (χ0n) is 11.6. The predicted octanol–water partition coefficient (Wildman–Crippen LogP) is 2.45. The number of methoxy groups -OCH3 is 1. The molecule has 2 aromatic rings. The average molecular weight is 275 g/mol. The van der Waals surface area contributed by atoms with E-state index in [-0.39, 0.29) is 11.6 Å². The van der Waals surface area contributed by atoms with E-state index in [2.05, 4.69) is 10.00 Å². The summed E-state index contributed by atoms with van der Waals surface area (Å²) < 4.78 is 21.3. The summed E-state index contributed by atoms with van der Waals surface area (Å²) in [5.41, 5.74) is 0.877. The van der Waals surface area contributed by atoms with Gasteiger partial charge in [0.15, 0.2) is 11.6 Å². The predicted molar refractivity (Wildman–Crippen MR) is 74.4 cm³/mol. The van der Waals surface area contributed by atoms with Gasteiger partial charge >= 0.3 is 0 Å². The molecule has 4 heterocycles. The molecule has 0 aliphatic carbocycles. The van der Waals surface area contributed by atoms with Crippen molar-refractivity contribution < 1.29 is 9.13 Å². The monoisotopic (exact) mass is 275 g/mol. The fourth-order valence-electron chi connectivity index (χ4n) is 3.70.